The lowest BCUT2D eigenvalue weighted by Gasteiger charge is -2.09. The first-order valence-corrected chi connectivity index (χ1v) is 5.61. The van der Waals surface area contributed by atoms with Gasteiger partial charge >= 0.3 is 0 Å². The summed E-state index contributed by atoms with van der Waals surface area (Å²) < 4.78 is 5.23. The van der Waals surface area contributed by atoms with Gasteiger partial charge in [-0.25, -0.2) is 4.98 Å². The molecule has 1 aromatic rings. The molecule has 1 aliphatic heterocycles. The summed E-state index contributed by atoms with van der Waals surface area (Å²) in [5.74, 6) is 0.0480. The molecule has 1 unspecified atom stereocenters. The van der Waals surface area contributed by atoms with Crippen molar-refractivity contribution in [2.24, 2.45) is 0 Å². The third kappa shape index (κ3) is 2.62. The van der Waals surface area contributed by atoms with E-state index >= 15 is 0 Å². The Morgan fingerprint density at radius 1 is 1.67 bits per heavy atom. The van der Waals surface area contributed by atoms with Gasteiger partial charge in [-0.2, -0.15) is 0 Å². The van der Waals surface area contributed by atoms with Gasteiger partial charge in [0.1, 0.15) is 18.1 Å². The quantitative estimate of drug-likeness (QED) is 0.647. The second-order valence-corrected chi connectivity index (χ2v) is 4.10. The van der Waals surface area contributed by atoms with E-state index in [0.717, 1.165) is 12.6 Å². The monoisotopic (exact) mass is 251 g/mol. The van der Waals surface area contributed by atoms with Gasteiger partial charge in [0.15, 0.2) is 0 Å². The van der Waals surface area contributed by atoms with Crippen molar-refractivity contribution < 1.29 is 14.5 Å². The largest absolute Gasteiger partial charge is 0.368 e. The maximum atomic E-state index is 11.7. The van der Waals surface area contributed by atoms with Crippen LogP contribution in [0.1, 0.15) is 18.4 Å². The third-order valence-corrected chi connectivity index (χ3v) is 2.75. The number of nitrogens with zero attached hydrogens (tertiary/aromatic N) is 2. The number of nitrogens with one attached hydrogen (secondary N) is 1. The minimum atomic E-state index is -0.506. The minimum Gasteiger partial charge on any atom is -0.368 e. The SMILES string of the molecule is Cc1cc(NC(=O)C2CCCO2)ncc1[N+](=O)[O-]. The van der Waals surface area contributed by atoms with E-state index in [4.69, 9.17) is 4.74 Å². The van der Waals surface area contributed by atoms with Crippen LogP contribution in [-0.2, 0) is 9.53 Å². The molecule has 1 fully saturated rings. The van der Waals surface area contributed by atoms with Crippen molar-refractivity contribution in [3.63, 3.8) is 0 Å². The molecule has 2 rings (SSSR count). The van der Waals surface area contributed by atoms with Crippen molar-refractivity contribution >= 4 is 17.4 Å². The molecule has 1 saturated heterocycles. The van der Waals surface area contributed by atoms with Gasteiger partial charge < -0.3 is 10.1 Å². The number of carbonyl (C=O) groups is 1. The number of amides is 1. The van der Waals surface area contributed by atoms with Crippen LogP contribution in [0.25, 0.3) is 0 Å². The molecule has 1 aromatic heterocycles. The van der Waals surface area contributed by atoms with E-state index in [-0.39, 0.29) is 11.6 Å². The maximum absolute atomic E-state index is 11.7. The van der Waals surface area contributed by atoms with Gasteiger partial charge in [-0.3, -0.25) is 14.9 Å². The lowest BCUT2D eigenvalue weighted by Crippen LogP contribution is -2.27. The van der Waals surface area contributed by atoms with Crippen LogP contribution in [0.4, 0.5) is 11.5 Å². The second kappa shape index (κ2) is 5.09. The van der Waals surface area contributed by atoms with Crippen molar-refractivity contribution in [1.29, 1.82) is 0 Å². The number of anilines is 1. The van der Waals surface area contributed by atoms with Gasteiger partial charge in [-0.05, 0) is 25.8 Å². The van der Waals surface area contributed by atoms with Crippen molar-refractivity contribution in [3.05, 3.63) is 27.9 Å². The lowest BCUT2D eigenvalue weighted by molar-refractivity contribution is -0.385. The average molecular weight is 251 g/mol. The highest BCUT2D eigenvalue weighted by molar-refractivity contribution is 5.93. The number of nitro groups is 1. The van der Waals surface area contributed by atoms with Gasteiger partial charge in [-0.1, -0.05) is 0 Å². The fraction of sp³-hybridized carbons (Fsp3) is 0.455. The molecular formula is C11H13N3O4. The van der Waals surface area contributed by atoms with Crippen molar-refractivity contribution in [2.75, 3.05) is 11.9 Å². The van der Waals surface area contributed by atoms with Crippen LogP contribution in [0.3, 0.4) is 0 Å². The number of pyridine rings is 1. The molecule has 96 valence electrons. The molecule has 7 nitrogen and oxygen atoms in total. The zero-order chi connectivity index (χ0) is 13.1. The number of aromatic nitrogens is 1. The highest BCUT2D eigenvalue weighted by Gasteiger charge is 2.24. The summed E-state index contributed by atoms with van der Waals surface area (Å²) in [6.07, 6.45) is 2.26. The van der Waals surface area contributed by atoms with Gasteiger partial charge in [0.25, 0.3) is 11.6 Å². The smallest absolute Gasteiger partial charge is 0.290 e. The van der Waals surface area contributed by atoms with Crippen LogP contribution in [-0.4, -0.2) is 28.5 Å². The summed E-state index contributed by atoms with van der Waals surface area (Å²) in [5.41, 5.74) is 0.391. The summed E-state index contributed by atoms with van der Waals surface area (Å²) >= 11 is 0. The van der Waals surface area contributed by atoms with E-state index in [1.54, 1.807) is 6.92 Å². The molecule has 0 saturated carbocycles. The highest BCUT2D eigenvalue weighted by atomic mass is 16.6. The predicted octanol–water partition coefficient (Wildman–Crippen LogP) is 1.42. The molecule has 7 heteroatoms. The molecular weight excluding hydrogens is 238 g/mol. The molecule has 2 heterocycles. The molecule has 0 radical (unpaired) electrons. The van der Waals surface area contributed by atoms with Crippen LogP contribution in [0, 0.1) is 17.0 Å². The van der Waals surface area contributed by atoms with Crippen molar-refractivity contribution in [1.82, 2.24) is 4.98 Å². The zero-order valence-corrected chi connectivity index (χ0v) is 9.88. The molecule has 0 aromatic carbocycles. The number of rotatable bonds is 3. The van der Waals surface area contributed by atoms with E-state index in [1.807, 2.05) is 0 Å². The van der Waals surface area contributed by atoms with Gasteiger partial charge in [0.05, 0.1) is 4.92 Å². The van der Waals surface area contributed by atoms with Gasteiger partial charge in [0.2, 0.25) is 0 Å². The van der Waals surface area contributed by atoms with Crippen LogP contribution in [0.5, 0.6) is 0 Å². The summed E-state index contributed by atoms with van der Waals surface area (Å²) in [4.78, 5) is 25.7. The standard InChI is InChI=1S/C11H13N3O4/c1-7-5-10(12-6-8(7)14(16)17)13-11(15)9-3-2-4-18-9/h5-6,9H,2-4H2,1H3,(H,12,13,15). The van der Waals surface area contributed by atoms with E-state index in [0.29, 0.717) is 24.4 Å². The molecule has 1 atom stereocenters. The normalized spacial score (nSPS) is 18.6. The zero-order valence-electron chi connectivity index (χ0n) is 9.88. The Bertz CT molecular complexity index is 483. The highest BCUT2D eigenvalue weighted by Crippen LogP contribution is 2.20. The summed E-state index contributed by atoms with van der Waals surface area (Å²) in [5, 5.41) is 13.2. The Labute approximate surface area is 103 Å². The number of hydrogen-bond donors (Lipinski definition) is 1. The topological polar surface area (TPSA) is 94.4 Å². The van der Waals surface area contributed by atoms with Gasteiger partial charge in [0, 0.05) is 12.2 Å². The Kier molecular flexibility index (Phi) is 3.52. The molecule has 0 bridgehead atoms. The predicted molar refractivity (Wildman–Crippen MR) is 63.2 cm³/mol. The van der Waals surface area contributed by atoms with E-state index in [9.17, 15) is 14.9 Å². The van der Waals surface area contributed by atoms with Gasteiger partial charge in [-0.15, -0.1) is 0 Å². The minimum absolute atomic E-state index is 0.0647. The van der Waals surface area contributed by atoms with E-state index < -0.39 is 11.0 Å². The van der Waals surface area contributed by atoms with Crippen LogP contribution in [0.2, 0.25) is 0 Å². The Hall–Kier alpha value is -2.02. The lowest BCUT2D eigenvalue weighted by atomic mass is 10.2. The fourth-order valence-electron chi connectivity index (χ4n) is 1.80. The molecule has 1 amide bonds. The van der Waals surface area contributed by atoms with Crippen LogP contribution >= 0.6 is 0 Å². The summed E-state index contributed by atoms with van der Waals surface area (Å²) in [6, 6.07) is 1.48. The third-order valence-electron chi connectivity index (χ3n) is 2.75. The second-order valence-electron chi connectivity index (χ2n) is 4.10. The first kappa shape index (κ1) is 12.4. The first-order valence-electron chi connectivity index (χ1n) is 5.61. The van der Waals surface area contributed by atoms with Crippen molar-refractivity contribution in [2.45, 2.75) is 25.9 Å². The first-order chi connectivity index (χ1) is 8.58. The Morgan fingerprint density at radius 3 is 3.00 bits per heavy atom. The molecule has 1 aliphatic rings. The number of aryl methyl sites for hydroxylation is 1. The number of hydrogen-bond acceptors (Lipinski definition) is 5. The molecule has 18 heavy (non-hydrogen) atoms. The Balaban J connectivity index is 2.07. The van der Waals surface area contributed by atoms with E-state index in [1.165, 1.54) is 6.07 Å². The van der Waals surface area contributed by atoms with Crippen molar-refractivity contribution in [3.8, 4) is 0 Å². The number of carbonyl (C=O) groups excluding carboxylic acids is 1. The summed E-state index contributed by atoms with van der Waals surface area (Å²) in [6.45, 7) is 2.19. The number of ether oxygens (including phenoxy) is 1. The maximum Gasteiger partial charge on any atom is 0.290 e. The molecule has 0 spiro atoms. The van der Waals surface area contributed by atoms with Crippen LogP contribution < -0.4 is 5.32 Å². The Morgan fingerprint density at radius 2 is 2.44 bits per heavy atom. The van der Waals surface area contributed by atoms with Crippen LogP contribution in [0.15, 0.2) is 12.3 Å². The molecule has 1 N–H and O–H groups in total. The molecule has 0 aliphatic carbocycles. The fourth-order valence-corrected chi connectivity index (χ4v) is 1.80. The average Bonchev–Trinajstić information content (AvgIpc) is 2.81. The summed E-state index contributed by atoms with van der Waals surface area (Å²) in [7, 11) is 0. The van der Waals surface area contributed by atoms with E-state index in [2.05, 4.69) is 10.3 Å².